The summed E-state index contributed by atoms with van der Waals surface area (Å²) in [6.07, 6.45) is -5.59. The van der Waals surface area contributed by atoms with Crippen LogP contribution in [-0.2, 0) is 5.92 Å². The van der Waals surface area contributed by atoms with Crippen LogP contribution in [0.25, 0.3) is 0 Å². The molecular formula is C7H7F5N2. The molecule has 0 unspecified atom stereocenters. The molecule has 2 nitrogen and oxygen atoms in total. The first-order valence-corrected chi connectivity index (χ1v) is 3.64. The highest BCUT2D eigenvalue weighted by Crippen LogP contribution is 2.45. The van der Waals surface area contributed by atoms with Crippen LogP contribution >= 0.6 is 0 Å². The number of hydrogen-bond donors (Lipinski definition) is 1. The molecule has 0 aliphatic rings. The maximum atomic E-state index is 12.8. The number of halogens is 5. The zero-order valence-corrected chi connectivity index (χ0v) is 7.34. The lowest BCUT2D eigenvalue weighted by Gasteiger charge is -2.19. The van der Waals surface area contributed by atoms with E-state index in [9.17, 15) is 22.0 Å². The van der Waals surface area contributed by atoms with E-state index in [0.717, 1.165) is 13.8 Å². The van der Waals surface area contributed by atoms with Crippen LogP contribution in [0.1, 0.15) is 17.0 Å². The molecule has 0 saturated heterocycles. The number of nitrogens with zero attached hydrogens (tertiary/aromatic N) is 1. The van der Waals surface area contributed by atoms with Crippen molar-refractivity contribution in [2.24, 2.45) is 0 Å². The lowest BCUT2D eigenvalue weighted by Crippen LogP contribution is -2.34. The van der Waals surface area contributed by atoms with Gasteiger partial charge in [-0.25, -0.2) is 0 Å². The molecule has 0 spiro atoms. The van der Waals surface area contributed by atoms with E-state index in [2.05, 4.69) is 10.2 Å². The first-order chi connectivity index (χ1) is 6.18. The van der Waals surface area contributed by atoms with Gasteiger partial charge in [-0.1, -0.05) is 0 Å². The van der Waals surface area contributed by atoms with E-state index < -0.39 is 17.7 Å². The number of hydrogen-bond acceptors (Lipinski definition) is 1. The van der Waals surface area contributed by atoms with E-state index in [0.29, 0.717) is 0 Å². The number of aryl methyl sites for hydroxylation is 2. The van der Waals surface area contributed by atoms with Crippen LogP contribution < -0.4 is 0 Å². The van der Waals surface area contributed by atoms with Crippen LogP contribution in [0.2, 0.25) is 0 Å². The number of nitrogens with one attached hydrogen (secondary N) is 1. The Hall–Kier alpha value is -1.14. The predicted octanol–water partition coefficient (Wildman–Crippen LogP) is 2.68. The quantitative estimate of drug-likeness (QED) is 0.715. The Morgan fingerprint density at radius 3 is 1.86 bits per heavy atom. The van der Waals surface area contributed by atoms with Crippen molar-refractivity contribution < 1.29 is 22.0 Å². The lowest BCUT2D eigenvalue weighted by atomic mass is 10.1. The van der Waals surface area contributed by atoms with Crippen molar-refractivity contribution in [1.29, 1.82) is 0 Å². The Bertz CT molecular complexity index is 319. The number of H-pyrrole nitrogens is 1. The van der Waals surface area contributed by atoms with E-state index >= 15 is 0 Å². The second-order valence-electron chi connectivity index (χ2n) is 2.88. The summed E-state index contributed by atoms with van der Waals surface area (Å²) < 4.78 is 61.6. The highest BCUT2D eigenvalue weighted by molar-refractivity contribution is 5.29. The zero-order chi connectivity index (χ0) is 11.1. The van der Waals surface area contributed by atoms with Crippen molar-refractivity contribution in [3.63, 3.8) is 0 Å². The minimum Gasteiger partial charge on any atom is -0.282 e. The van der Waals surface area contributed by atoms with Crippen molar-refractivity contribution in [3.05, 3.63) is 17.0 Å². The fourth-order valence-corrected chi connectivity index (χ4v) is 1.16. The summed E-state index contributed by atoms with van der Waals surface area (Å²) in [5, 5.41) is 5.38. The Labute approximate surface area is 76.1 Å². The van der Waals surface area contributed by atoms with Crippen LogP contribution in [-0.4, -0.2) is 16.4 Å². The van der Waals surface area contributed by atoms with Gasteiger partial charge in [0.15, 0.2) is 0 Å². The van der Waals surface area contributed by atoms with E-state index in [1.54, 1.807) is 0 Å². The van der Waals surface area contributed by atoms with Gasteiger partial charge in [0.25, 0.3) is 0 Å². The number of alkyl halides is 5. The van der Waals surface area contributed by atoms with Gasteiger partial charge in [-0.05, 0) is 13.8 Å². The summed E-state index contributed by atoms with van der Waals surface area (Å²) in [7, 11) is 0. The SMILES string of the molecule is Cc1n[nH]c(C)c1C(F)(F)C(F)(F)F. The van der Waals surface area contributed by atoms with E-state index in [1.165, 1.54) is 0 Å². The topological polar surface area (TPSA) is 28.7 Å². The van der Waals surface area contributed by atoms with Crippen LogP contribution in [0.5, 0.6) is 0 Å². The number of aromatic amines is 1. The third-order valence-electron chi connectivity index (χ3n) is 1.80. The molecule has 0 bridgehead atoms. The molecule has 0 aliphatic heterocycles. The monoisotopic (exact) mass is 214 g/mol. The molecule has 1 N–H and O–H groups in total. The summed E-state index contributed by atoms with van der Waals surface area (Å²) in [5.74, 6) is -4.85. The summed E-state index contributed by atoms with van der Waals surface area (Å²) in [4.78, 5) is 0. The molecule has 0 aromatic carbocycles. The third-order valence-corrected chi connectivity index (χ3v) is 1.80. The predicted molar refractivity (Wildman–Crippen MR) is 38.0 cm³/mol. The molecule has 0 fully saturated rings. The van der Waals surface area contributed by atoms with E-state index in [-0.39, 0.29) is 11.4 Å². The molecule has 0 amide bonds. The average molecular weight is 214 g/mol. The Morgan fingerprint density at radius 2 is 1.57 bits per heavy atom. The fourth-order valence-electron chi connectivity index (χ4n) is 1.16. The Balaban J connectivity index is 3.29. The molecule has 0 aliphatic carbocycles. The van der Waals surface area contributed by atoms with E-state index in [4.69, 9.17) is 0 Å². The normalized spacial score (nSPS) is 13.4. The summed E-state index contributed by atoms with van der Waals surface area (Å²) in [5.41, 5.74) is -1.71. The molecule has 80 valence electrons. The summed E-state index contributed by atoms with van der Waals surface area (Å²) >= 11 is 0. The standard InChI is InChI=1S/C7H7F5N2/c1-3-5(4(2)14-13-3)6(8,9)7(10,11)12/h1-2H3,(H,13,14). The maximum absolute atomic E-state index is 12.8. The molecule has 0 saturated carbocycles. The van der Waals surface area contributed by atoms with Crippen molar-refractivity contribution in [3.8, 4) is 0 Å². The molecule has 1 rings (SSSR count). The van der Waals surface area contributed by atoms with Crippen molar-refractivity contribution in [2.45, 2.75) is 25.9 Å². The fraction of sp³-hybridized carbons (Fsp3) is 0.571. The molecule has 0 atom stereocenters. The second kappa shape index (κ2) is 2.93. The highest BCUT2D eigenvalue weighted by Gasteiger charge is 2.60. The molecule has 1 heterocycles. The van der Waals surface area contributed by atoms with Crippen LogP contribution in [0.3, 0.4) is 0 Å². The largest absolute Gasteiger partial charge is 0.458 e. The first kappa shape index (κ1) is 10.9. The van der Waals surface area contributed by atoms with E-state index in [1.807, 2.05) is 0 Å². The van der Waals surface area contributed by atoms with Gasteiger partial charge in [-0.15, -0.1) is 0 Å². The third kappa shape index (κ3) is 1.46. The van der Waals surface area contributed by atoms with Gasteiger partial charge in [0, 0.05) is 5.69 Å². The molecular weight excluding hydrogens is 207 g/mol. The second-order valence-corrected chi connectivity index (χ2v) is 2.88. The zero-order valence-electron chi connectivity index (χ0n) is 7.34. The van der Waals surface area contributed by atoms with Gasteiger partial charge in [-0.2, -0.15) is 27.1 Å². The molecule has 0 radical (unpaired) electrons. The minimum atomic E-state index is -5.59. The van der Waals surface area contributed by atoms with Crippen molar-refractivity contribution in [2.75, 3.05) is 0 Å². The molecule has 14 heavy (non-hydrogen) atoms. The van der Waals surface area contributed by atoms with Crippen LogP contribution in [0.15, 0.2) is 0 Å². The first-order valence-electron chi connectivity index (χ1n) is 3.64. The Kier molecular flexibility index (Phi) is 2.29. The van der Waals surface area contributed by atoms with Crippen LogP contribution in [0, 0.1) is 13.8 Å². The smallest absolute Gasteiger partial charge is 0.282 e. The minimum absolute atomic E-state index is 0.273. The molecule has 7 heteroatoms. The average Bonchev–Trinajstić information content (AvgIpc) is 2.28. The number of aromatic nitrogens is 2. The van der Waals surface area contributed by atoms with Gasteiger partial charge in [-0.3, -0.25) is 5.10 Å². The summed E-state index contributed by atoms with van der Waals surface area (Å²) in [6.45, 7) is 2.22. The van der Waals surface area contributed by atoms with Crippen LogP contribution in [0.4, 0.5) is 22.0 Å². The lowest BCUT2D eigenvalue weighted by molar-refractivity contribution is -0.289. The van der Waals surface area contributed by atoms with Gasteiger partial charge in [0.05, 0.1) is 11.3 Å². The van der Waals surface area contributed by atoms with Gasteiger partial charge in [0.2, 0.25) is 0 Å². The maximum Gasteiger partial charge on any atom is 0.458 e. The van der Waals surface area contributed by atoms with Crippen molar-refractivity contribution in [1.82, 2.24) is 10.2 Å². The molecule has 1 aromatic heterocycles. The van der Waals surface area contributed by atoms with Gasteiger partial charge < -0.3 is 0 Å². The summed E-state index contributed by atoms with van der Waals surface area (Å²) in [6, 6.07) is 0. The number of rotatable bonds is 1. The van der Waals surface area contributed by atoms with Gasteiger partial charge in [0.1, 0.15) is 0 Å². The van der Waals surface area contributed by atoms with Gasteiger partial charge >= 0.3 is 12.1 Å². The van der Waals surface area contributed by atoms with Crippen molar-refractivity contribution >= 4 is 0 Å². The Morgan fingerprint density at radius 1 is 1.07 bits per heavy atom. The molecule has 1 aromatic rings. The highest BCUT2D eigenvalue weighted by atomic mass is 19.4.